The molecule has 0 aromatic rings. The first-order valence-corrected chi connectivity index (χ1v) is 8.23. The molecule has 1 N–H and O–H groups in total. The highest BCUT2D eigenvalue weighted by Crippen LogP contribution is 2.70. The van der Waals surface area contributed by atoms with Crippen LogP contribution in [-0.2, 0) is 0 Å². The van der Waals surface area contributed by atoms with Crippen molar-refractivity contribution in [1.29, 1.82) is 0 Å². The molecule has 0 unspecified atom stereocenters. The van der Waals surface area contributed by atoms with E-state index in [0.717, 1.165) is 24.6 Å². The van der Waals surface area contributed by atoms with Gasteiger partial charge in [-0.15, -0.1) is 0 Å². The van der Waals surface area contributed by atoms with Gasteiger partial charge in [0.1, 0.15) is 0 Å². The van der Waals surface area contributed by atoms with Gasteiger partial charge < -0.3 is 19.8 Å². The zero-order valence-electron chi connectivity index (χ0n) is 11.2. The number of carbonyl (C=O) groups is 2. The molecule has 7 heteroatoms. The number of rotatable bonds is 2. The molecule has 3 amide bonds. The van der Waals surface area contributed by atoms with Crippen molar-refractivity contribution < 1.29 is 14.7 Å². The Hall–Kier alpha value is -0.980. The van der Waals surface area contributed by atoms with E-state index in [-0.39, 0.29) is 17.6 Å². The minimum absolute atomic E-state index is 0.0429. The second-order valence-corrected chi connectivity index (χ2v) is 7.42. The number of carboxylic acid groups (broad SMARTS) is 1. The molecular weight excluding hydrogens is 326 g/mol. The normalized spacial score (nSPS) is 42.1. The molecule has 0 radical (unpaired) electrons. The molecular formula is C13H18BrN3O3. The number of carbonyl (C=O) groups excluding carboxylic acids is 1. The van der Waals surface area contributed by atoms with E-state index < -0.39 is 6.09 Å². The minimum atomic E-state index is -0.876. The van der Waals surface area contributed by atoms with Crippen LogP contribution in [0.5, 0.6) is 0 Å². The van der Waals surface area contributed by atoms with E-state index in [4.69, 9.17) is 5.11 Å². The standard InChI is InChI=1S/C13H18BrN3O3/c14-8-12-5-13(6-12,7-12)17-4-9-3-15(11(19)20)1-2-16(9)10(17)18/h9H,1-8H2,(H,19,20)/t9-,12?,13?/m0/s1. The molecule has 0 spiro atoms. The lowest BCUT2D eigenvalue weighted by atomic mass is 9.39. The van der Waals surface area contributed by atoms with E-state index in [1.165, 1.54) is 4.90 Å². The van der Waals surface area contributed by atoms with Crippen LogP contribution >= 0.6 is 15.9 Å². The van der Waals surface area contributed by atoms with Crippen molar-refractivity contribution in [3.63, 3.8) is 0 Å². The summed E-state index contributed by atoms with van der Waals surface area (Å²) >= 11 is 3.57. The predicted molar refractivity (Wildman–Crippen MR) is 75.0 cm³/mol. The quantitative estimate of drug-likeness (QED) is 0.771. The predicted octanol–water partition coefficient (Wildman–Crippen LogP) is 1.40. The number of urea groups is 1. The van der Waals surface area contributed by atoms with Crippen molar-refractivity contribution in [2.24, 2.45) is 5.41 Å². The molecule has 110 valence electrons. The summed E-state index contributed by atoms with van der Waals surface area (Å²) in [5, 5.41) is 10.1. The number of hydrogen-bond acceptors (Lipinski definition) is 2. The number of fused-ring (bicyclic) bond motifs is 1. The third-order valence-corrected chi connectivity index (χ3v) is 6.78. The highest BCUT2D eigenvalue weighted by molar-refractivity contribution is 9.09. The highest BCUT2D eigenvalue weighted by atomic mass is 79.9. The van der Waals surface area contributed by atoms with E-state index in [2.05, 4.69) is 15.9 Å². The zero-order chi connectivity index (χ0) is 14.1. The summed E-state index contributed by atoms with van der Waals surface area (Å²) < 4.78 is 0. The zero-order valence-corrected chi connectivity index (χ0v) is 12.8. The molecule has 2 bridgehead atoms. The third-order valence-electron chi connectivity index (χ3n) is 5.59. The number of piperazine rings is 1. The van der Waals surface area contributed by atoms with E-state index in [9.17, 15) is 9.59 Å². The Labute approximate surface area is 125 Å². The average molecular weight is 344 g/mol. The Balaban J connectivity index is 1.47. The van der Waals surface area contributed by atoms with E-state index in [0.29, 0.717) is 31.6 Å². The van der Waals surface area contributed by atoms with Crippen LogP contribution in [0.3, 0.4) is 0 Å². The summed E-state index contributed by atoms with van der Waals surface area (Å²) in [6.07, 6.45) is 2.46. The van der Waals surface area contributed by atoms with Gasteiger partial charge in [-0.2, -0.15) is 0 Å². The summed E-state index contributed by atoms with van der Waals surface area (Å²) in [5.41, 5.74) is 0.534. The molecule has 2 saturated heterocycles. The first-order valence-electron chi connectivity index (χ1n) is 7.11. The molecule has 2 heterocycles. The van der Waals surface area contributed by atoms with Gasteiger partial charge in [-0.3, -0.25) is 0 Å². The smallest absolute Gasteiger partial charge is 0.407 e. The molecule has 5 aliphatic rings. The summed E-state index contributed by atoms with van der Waals surface area (Å²) in [4.78, 5) is 29.0. The second kappa shape index (κ2) is 3.81. The average Bonchev–Trinajstić information content (AvgIpc) is 2.64. The van der Waals surface area contributed by atoms with Gasteiger partial charge >= 0.3 is 12.1 Å². The maximum atomic E-state index is 12.5. The Bertz CT molecular complexity index is 477. The largest absolute Gasteiger partial charge is 0.465 e. The maximum Gasteiger partial charge on any atom is 0.407 e. The van der Waals surface area contributed by atoms with Crippen molar-refractivity contribution >= 4 is 28.1 Å². The van der Waals surface area contributed by atoms with Crippen LogP contribution in [0.2, 0.25) is 0 Å². The SMILES string of the molecule is O=C(O)N1CCN2C(=O)N(C34CC(CBr)(C3)C4)C[C@@H]2C1. The van der Waals surface area contributed by atoms with Crippen LogP contribution in [0, 0.1) is 5.41 Å². The number of amides is 3. The molecule has 0 aromatic carbocycles. The van der Waals surface area contributed by atoms with Gasteiger partial charge in [0.15, 0.2) is 0 Å². The molecule has 5 fully saturated rings. The Kier molecular flexibility index (Phi) is 2.43. The van der Waals surface area contributed by atoms with Crippen molar-refractivity contribution in [3.8, 4) is 0 Å². The fraction of sp³-hybridized carbons (Fsp3) is 0.846. The lowest BCUT2D eigenvalue weighted by molar-refractivity contribution is -0.184. The molecule has 0 aromatic heterocycles. The fourth-order valence-electron chi connectivity index (χ4n) is 4.64. The first kappa shape index (κ1) is 12.7. The molecule has 5 rings (SSSR count). The third kappa shape index (κ3) is 1.44. The molecule has 2 aliphatic heterocycles. The fourth-order valence-corrected chi connectivity index (χ4v) is 5.24. The lowest BCUT2D eigenvalue weighted by Crippen LogP contribution is -2.75. The topological polar surface area (TPSA) is 64.1 Å². The number of nitrogens with zero attached hydrogens (tertiary/aromatic N) is 3. The van der Waals surface area contributed by atoms with Crippen LogP contribution in [0.4, 0.5) is 9.59 Å². The number of halogens is 1. The molecule has 20 heavy (non-hydrogen) atoms. The van der Waals surface area contributed by atoms with Crippen LogP contribution in [0.15, 0.2) is 0 Å². The Morgan fingerprint density at radius 1 is 1.30 bits per heavy atom. The van der Waals surface area contributed by atoms with E-state index in [1.807, 2.05) is 9.80 Å². The van der Waals surface area contributed by atoms with Gasteiger partial charge in [0, 0.05) is 37.0 Å². The first-order chi connectivity index (χ1) is 9.49. The van der Waals surface area contributed by atoms with Crippen LogP contribution < -0.4 is 0 Å². The molecule has 3 saturated carbocycles. The Morgan fingerprint density at radius 2 is 2.00 bits per heavy atom. The van der Waals surface area contributed by atoms with Crippen LogP contribution in [-0.4, -0.2) is 75.0 Å². The van der Waals surface area contributed by atoms with E-state index in [1.54, 1.807) is 0 Å². The van der Waals surface area contributed by atoms with Gasteiger partial charge in [-0.1, -0.05) is 15.9 Å². The Morgan fingerprint density at radius 3 is 2.60 bits per heavy atom. The number of hydrogen-bond donors (Lipinski definition) is 1. The minimum Gasteiger partial charge on any atom is -0.465 e. The summed E-state index contributed by atoms with van der Waals surface area (Å²) in [6, 6.07) is 0.171. The second-order valence-electron chi connectivity index (χ2n) is 6.86. The molecule has 6 nitrogen and oxygen atoms in total. The molecule has 1 atom stereocenters. The summed E-state index contributed by atoms with van der Waals surface area (Å²) in [7, 11) is 0. The maximum absolute atomic E-state index is 12.5. The van der Waals surface area contributed by atoms with E-state index >= 15 is 0 Å². The van der Waals surface area contributed by atoms with Crippen molar-refractivity contribution in [2.45, 2.75) is 30.8 Å². The van der Waals surface area contributed by atoms with Gasteiger partial charge in [-0.05, 0) is 24.7 Å². The van der Waals surface area contributed by atoms with Gasteiger partial charge in [0.05, 0.1) is 6.04 Å². The van der Waals surface area contributed by atoms with Gasteiger partial charge in [0.25, 0.3) is 0 Å². The summed E-state index contributed by atoms with van der Waals surface area (Å²) in [6.45, 7) is 2.12. The van der Waals surface area contributed by atoms with Crippen molar-refractivity contribution in [2.75, 3.05) is 31.5 Å². The van der Waals surface area contributed by atoms with Gasteiger partial charge in [0.2, 0.25) is 0 Å². The van der Waals surface area contributed by atoms with Crippen LogP contribution in [0.1, 0.15) is 19.3 Å². The van der Waals surface area contributed by atoms with Crippen molar-refractivity contribution in [3.05, 3.63) is 0 Å². The van der Waals surface area contributed by atoms with Crippen LogP contribution in [0.25, 0.3) is 0 Å². The molecule has 3 aliphatic carbocycles. The lowest BCUT2D eigenvalue weighted by Gasteiger charge is -2.73. The monoisotopic (exact) mass is 343 g/mol. The van der Waals surface area contributed by atoms with Gasteiger partial charge in [-0.25, -0.2) is 9.59 Å². The van der Waals surface area contributed by atoms with Crippen molar-refractivity contribution in [1.82, 2.24) is 14.7 Å². The highest BCUT2D eigenvalue weighted by Gasteiger charge is 2.71. The number of alkyl halides is 1. The summed E-state index contributed by atoms with van der Waals surface area (Å²) in [5.74, 6) is 0.